The van der Waals surface area contributed by atoms with Crippen molar-refractivity contribution >= 4 is 15.7 Å². The fraction of sp³-hybridized carbons (Fsp3) is 0.143. The molecular weight excluding hydrogens is 311 g/mol. The molecule has 0 spiro atoms. The minimum absolute atomic E-state index is 0.161. The maximum Gasteiger partial charge on any atom is 0.289 e. The van der Waals surface area contributed by atoms with Gasteiger partial charge in [-0.3, -0.25) is 10.1 Å². The number of benzene rings is 2. The first kappa shape index (κ1) is 16.1. The predicted molar refractivity (Wildman–Crippen MR) is 78.3 cm³/mol. The van der Waals surface area contributed by atoms with Crippen LogP contribution in [0.25, 0.3) is 0 Å². The highest BCUT2D eigenvalue weighted by atomic mass is 32.2. The molecule has 22 heavy (non-hydrogen) atoms. The fourth-order valence-corrected chi connectivity index (χ4v) is 3.03. The first-order chi connectivity index (χ1) is 10.3. The van der Waals surface area contributed by atoms with Crippen LogP contribution in [0.4, 0.5) is 10.1 Å². The number of nitrogens with one attached hydrogen (secondary N) is 1. The van der Waals surface area contributed by atoms with E-state index in [1.807, 2.05) is 0 Å². The molecule has 116 valence electrons. The molecule has 0 amide bonds. The second-order valence-corrected chi connectivity index (χ2v) is 6.37. The number of nitro benzene ring substituents is 1. The van der Waals surface area contributed by atoms with E-state index in [1.54, 1.807) is 13.0 Å². The lowest BCUT2D eigenvalue weighted by atomic mass is 10.1. The van der Waals surface area contributed by atoms with Gasteiger partial charge in [-0.1, -0.05) is 24.3 Å². The van der Waals surface area contributed by atoms with Crippen molar-refractivity contribution in [3.63, 3.8) is 0 Å². The number of para-hydroxylation sites is 1. The van der Waals surface area contributed by atoms with Crippen LogP contribution in [0.15, 0.2) is 47.4 Å². The topological polar surface area (TPSA) is 89.3 Å². The van der Waals surface area contributed by atoms with E-state index in [0.717, 1.165) is 12.1 Å². The molecule has 0 unspecified atom stereocenters. The summed E-state index contributed by atoms with van der Waals surface area (Å²) in [4.78, 5) is 9.70. The molecule has 0 aromatic heterocycles. The molecule has 2 rings (SSSR count). The average Bonchev–Trinajstić information content (AvgIpc) is 2.48. The van der Waals surface area contributed by atoms with Gasteiger partial charge in [0.05, 0.1) is 4.92 Å². The molecule has 0 fully saturated rings. The van der Waals surface area contributed by atoms with Crippen molar-refractivity contribution < 1.29 is 17.7 Å². The number of nitrogens with zero attached hydrogens (tertiary/aromatic N) is 1. The van der Waals surface area contributed by atoms with Crippen LogP contribution in [-0.2, 0) is 16.6 Å². The summed E-state index contributed by atoms with van der Waals surface area (Å²) in [7, 11) is -4.07. The third kappa shape index (κ3) is 3.46. The van der Waals surface area contributed by atoms with E-state index in [-0.39, 0.29) is 6.54 Å². The summed E-state index contributed by atoms with van der Waals surface area (Å²) in [5.41, 5.74) is 0.362. The largest absolute Gasteiger partial charge is 0.289 e. The van der Waals surface area contributed by atoms with Gasteiger partial charge in [-0.2, -0.15) is 0 Å². The molecule has 0 heterocycles. The zero-order chi connectivity index (χ0) is 16.3. The number of nitro groups is 1. The van der Waals surface area contributed by atoms with Gasteiger partial charge >= 0.3 is 0 Å². The van der Waals surface area contributed by atoms with E-state index in [1.165, 1.54) is 24.3 Å². The summed E-state index contributed by atoms with van der Waals surface area (Å²) < 4.78 is 40.0. The van der Waals surface area contributed by atoms with Crippen molar-refractivity contribution in [3.8, 4) is 0 Å². The van der Waals surface area contributed by atoms with E-state index in [2.05, 4.69) is 4.72 Å². The smallest absolute Gasteiger partial charge is 0.258 e. The minimum Gasteiger partial charge on any atom is -0.258 e. The molecule has 0 saturated heterocycles. The molecule has 0 aliphatic rings. The second kappa shape index (κ2) is 6.20. The van der Waals surface area contributed by atoms with Gasteiger partial charge < -0.3 is 0 Å². The standard InChI is InChI=1S/C14H13FN2O4S/c1-10-6-7-11(8-12(10)15)9-16-22(20,21)14-5-3-2-4-13(14)17(18)19/h2-8,16H,9H2,1H3. The monoisotopic (exact) mass is 324 g/mol. The van der Waals surface area contributed by atoms with Crippen molar-refractivity contribution in [2.24, 2.45) is 0 Å². The molecule has 8 heteroatoms. The number of aryl methyl sites for hydroxylation is 1. The molecule has 0 atom stereocenters. The first-order valence-corrected chi connectivity index (χ1v) is 7.77. The summed E-state index contributed by atoms with van der Waals surface area (Å²) in [5.74, 6) is -0.442. The predicted octanol–water partition coefficient (Wildman–Crippen LogP) is 2.52. The van der Waals surface area contributed by atoms with Crippen LogP contribution in [0, 0.1) is 22.9 Å². The van der Waals surface area contributed by atoms with Gasteiger partial charge in [0.25, 0.3) is 5.69 Å². The van der Waals surface area contributed by atoms with Gasteiger partial charge in [-0.25, -0.2) is 17.5 Å². The highest BCUT2D eigenvalue weighted by Gasteiger charge is 2.24. The number of rotatable bonds is 5. The Kier molecular flexibility index (Phi) is 4.53. The third-order valence-corrected chi connectivity index (χ3v) is 4.50. The van der Waals surface area contributed by atoms with Crippen LogP contribution < -0.4 is 4.72 Å². The average molecular weight is 324 g/mol. The van der Waals surface area contributed by atoms with Crippen molar-refractivity contribution in [3.05, 3.63) is 69.5 Å². The van der Waals surface area contributed by atoms with Crippen molar-refractivity contribution in [1.29, 1.82) is 0 Å². The van der Waals surface area contributed by atoms with E-state index in [9.17, 15) is 22.9 Å². The maximum atomic E-state index is 13.4. The molecule has 0 radical (unpaired) electrons. The van der Waals surface area contributed by atoms with Crippen LogP contribution in [0.5, 0.6) is 0 Å². The lowest BCUT2D eigenvalue weighted by Crippen LogP contribution is -2.24. The van der Waals surface area contributed by atoms with E-state index in [4.69, 9.17) is 0 Å². The Morgan fingerprint density at radius 1 is 1.23 bits per heavy atom. The van der Waals surface area contributed by atoms with Crippen molar-refractivity contribution in [1.82, 2.24) is 4.72 Å². The van der Waals surface area contributed by atoms with Gasteiger partial charge in [0.2, 0.25) is 10.0 Å². The van der Waals surface area contributed by atoms with Gasteiger partial charge in [0.15, 0.2) is 4.90 Å². The van der Waals surface area contributed by atoms with Crippen LogP contribution >= 0.6 is 0 Å². The molecule has 1 N–H and O–H groups in total. The molecule has 0 bridgehead atoms. The van der Waals surface area contributed by atoms with E-state index >= 15 is 0 Å². The lowest BCUT2D eigenvalue weighted by molar-refractivity contribution is -0.387. The fourth-order valence-electron chi connectivity index (χ4n) is 1.84. The van der Waals surface area contributed by atoms with E-state index in [0.29, 0.717) is 11.1 Å². The Balaban J connectivity index is 2.25. The van der Waals surface area contributed by atoms with E-state index < -0.39 is 31.3 Å². The number of halogens is 1. The van der Waals surface area contributed by atoms with Gasteiger partial charge in [0, 0.05) is 12.6 Å². The summed E-state index contributed by atoms with van der Waals surface area (Å²) in [6.45, 7) is 1.43. The van der Waals surface area contributed by atoms with Crippen LogP contribution in [0.2, 0.25) is 0 Å². The van der Waals surface area contributed by atoms with Gasteiger partial charge in [-0.05, 0) is 30.2 Å². The summed E-state index contributed by atoms with van der Waals surface area (Å²) in [6, 6.07) is 9.37. The zero-order valence-corrected chi connectivity index (χ0v) is 12.4. The maximum absolute atomic E-state index is 13.4. The number of hydrogen-bond donors (Lipinski definition) is 1. The first-order valence-electron chi connectivity index (χ1n) is 6.29. The quantitative estimate of drug-likeness (QED) is 0.676. The Bertz CT molecular complexity index is 821. The van der Waals surface area contributed by atoms with Crippen LogP contribution in [0.3, 0.4) is 0 Å². The molecule has 0 aliphatic heterocycles. The van der Waals surface area contributed by atoms with Crippen LogP contribution in [0.1, 0.15) is 11.1 Å². The summed E-state index contributed by atoms with van der Waals surface area (Å²) >= 11 is 0. The Hall–Kier alpha value is -2.32. The highest BCUT2D eigenvalue weighted by Crippen LogP contribution is 2.22. The second-order valence-electron chi connectivity index (χ2n) is 4.63. The lowest BCUT2D eigenvalue weighted by Gasteiger charge is -2.08. The molecule has 2 aromatic carbocycles. The Labute approximate surface area is 126 Å². The summed E-state index contributed by atoms with van der Waals surface area (Å²) in [5, 5.41) is 10.9. The molecular formula is C14H13FN2O4S. The zero-order valence-electron chi connectivity index (χ0n) is 11.6. The minimum atomic E-state index is -4.07. The molecule has 6 nitrogen and oxygen atoms in total. The van der Waals surface area contributed by atoms with Crippen LogP contribution in [-0.4, -0.2) is 13.3 Å². The summed E-state index contributed by atoms with van der Waals surface area (Å²) in [6.07, 6.45) is 0. The van der Waals surface area contributed by atoms with Crippen molar-refractivity contribution in [2.75, 3.05) is 0 Å². The molecule has 0 aliphatic carbocycles. The number of sulfonamides is 1. The number of hydrogen-bond acceptors (Lipinski definition) is 4. The normalized spacial score (nSPS) is 11.4. The Morgan fingerprint density at radius 3 is 2.55 bits per heavy atom. The SMILES string of the molecule is Cc1ccc(CNS(=O)(=O)c2ccccc2[N+](=O)[O-])cc1F. The van der Waals surface area contributed by atoms with Crippen molar-refractivity contribution in [2.45, 2.75) is 18.4 Å². The third-order valence-electron chi connectivity index (χ3n) is 3.05. The highest BCUT2D eigenvalue weighted by molar-refractivity contribution is 7.89. The molecule has 0 saturated carbocycles. The van der Waals surface area contributed by atoms with Gasteiger partial charge in [-0.15, -0.1) is 0 Å². The van der Waals surface area contributed by atoms with Gasteiger partial charge in [0.1, 0.15) is 5.82 Å². The Morgan fingerprint density at radius 2 is 1.91 bits per heavy atom. The molecule has 2 aromatic rings.